The average molecular weight is 460 g/mol. The summed E-state index contributed by atoms with van der Waals surface area (Å²) in [4.78, 5) is 12.3. The third-order valence-electron chi connectivity index (χ3n) is 5.05. The molecule has 2 fully saturated rings. The van der Waals surface area contributed by atoms with Crippen LogP contribution in [-0.2, 0) is 14.3 Å². The molecule has 1 heterocycles. The molecule has 2 rings (SSSR count). The van der Waals surface area contributed by atoms with Gasteiger partial charge in [-0.2, -0.15) is 0 Å². The number of fused-ring (bicyclic) bond motifs is 1. The van der Waals surface area contributed by atoms with Crippen LogP contribution >= 0.6 is 31.9 Å². The van der Waals surface area contributed by atoms with Crippen molar-refractivity contribution in [3.63, 3.8) is 0 Å². The molecule has 132 valence electrons. The van der Waals surface area contributed by atoms with Gasteiger partial charge in [0.05, 0.1) is 14.6 Å². The average Bonchev–Trinajstić information content (AvgIpc) is 3.12. The Labute approximate surface area is 161 Å². The van der Waals surface area contributed by atoms with Gasteiger partial charge in [0.1, 0.15) is 12.2 Å². The summed E-state index contributed by atoms with van der Waals surface area (Å²) in [6, 6.07) is 0. The number of halogens is 2. The highest BCUT2D eigenvalue weighted by atomic mass is 79.9. The number of allylic oxidation sites excluding steroid dienone is 2. The quantitative estimate of drug-likeness (QED) is 0.171. The summed E-state index contributed by atoms with van der Waals surface area (Å²) in [5.74, 6) is -0.379. The lowest BCUT2D eigenvalue weighted by molar-refractivity contribution is -0.137. The predicted molar refractivity (Wildman–Crippen MR) is 104 cm³/mol. The topological polar surface area (TPSA) is 38.8 Å². The van der Waals surface area contributed by atoms with Gasteiger partial charge < -0.3 is 9.47 Å². The third-order valence-corrected chi connectivity index (χ3v) is 5.57. The molecule has 2 aliphatic rings. The Morgan fingerprint density at radius 2 is 1.96 bits per heavy atom. The lowest BCUT2D eigenvalue weighted by atomic mass is 9.64. The predicted octanol–water partition coefficient (Wildman–Crippen LogP) is 5.57. The molecule has 1 saturated carbocycles. The van der Waals surface area contributed by atoms with Crippen LogP contribution in [-0.4, -0.2) is 23.8 Å². The fourth-order valence-electron chi connectivity index (χ4n) is 3.68. The van der Waals surface area contributed by atoms with Gasteiger partial charge in [-0.25, -0.2) is 4.79 Å². The minimum absolute atomic E-state index is 0.0402. The van der Waals surface area contributed by atoms with Crippen molar-refractivity contribution in [2.45, 2.75) is 51.2 Å². The van der Waals surface area contributed by atoms with E-state index in [1.165, 1.54) is 6.42 Å². The van der Waals surface area contributed by atoms with Crippen LogP contribution in [0.25, 0.3) is 0 Å². The number of hydrogen-bond acceptors (Lipinski definition) is 3. The summed E-state index contributed by atoms with van der Waals surface area (Å²) < 4.78 is 12.1. The van der Waals surface area contributed by atoms with Crippen molar-refractivity contribution in [1.82, 2.24) is 0 Å². The van der Waals surface area contributed by atoms with Gasteiger partial charge in [-0.15, -0.1) is 0 Å². The summed E-state index contributed by atoms with van der Waals surface area (Å²) in [6.07, 6.45) is 12.2. The van der Waals surface area contributed by atoms with E-state index in [1.807, 2.05) is 12.2 Å². The highest BCUT2D eigenvalue weighted by Crippen LogP contribution is 2.66. The Morgan fingerprint density at radius 1 is 1.25 bits per heavy atom. The lowest BCUT2D eigenvalue weighted by Gasteiger charge is -2.36. The van der Waals surface area contributed by atoms with Gasteiger partial charge in [-0.3, -0.25) is 0 Å². The van der Waals surface area contributed by atoms with Crippen LogP contribution in [0.3, 0.4) is 0 Å². The summed E-state index contributed by atoms with van der Waals surface area (Å²) in [5, 5.41) is 0. The van der Waals surface area contributed by atoms with Crippen molar-refractivity contribution < 1.29 is 14.3 Å². The molecule has 0 aromatic rings. The van der Waals surface area contributed by atoms with Crippen LogP contribution in [0.5, 0.6) is 0 Å². The van der Waals surface area contributed by atoms with Crippen LogP contribution in [0.15, 0.2) is 45.9 Å². The zero-order valence-corrected chi connectivity index (χ0v) is 17.6. The van der Waals surface area contributed by atoms with Crippen molar-refractivity contribution in [2.75, 3.05) is 6.61 Å². The largest absolute Gasteiger partial charge is 0.458 e. The van der Waals surface area contributed by atoms with E-state index in [1.54, 1.807) is 18.2 Å². The Hall–Kier alpha value is -0.650. The first kappa shape index (κ1) is 19.7. The van der Waals surface area contributed by atoms with E-state index in [2.05, 4.69) is 59.2 Å². The van der Waals surface area contributed by atoms with Crippen LogP contribution in [0.1, 0.15) is 40.0 Å². The van der Waals surface area contributed by atoms with Crippen molar-refractivity contribution in [3.8, 4) is 0 Å². The smallest absolute Gasteiger partial charge is 0.338 e. The second-order valence-electron chi connectivity index (χ2n) is 7.10. The second-order valence-corrected chi connectivity index (χ2v) is 9.88. The minimum Gasteiger partial charge on any atom is -0.458 e. The van der Waals surface area contributed by atoms with E-state index in [0.29, 0.717) is 5.57 Å². The number of epoxide rings is 1. The third kappa shape index (κ3) is 3.78. The maximum Gasteiger partial charge on any atom is 0.338 e. The van der Waals surface area contributed by atoms with Gasteiger partial charge in [0.25, 0.3) is 0 Å². The van der Waals surface area contributed by atoms with E-state index in [-0.39, 0.29) is 29.2 Å². The number of hydrogen-bond donors (Lipinski definition) is 0. The van der Waals surface area contributed by atoms with Crippen LogP contribution < -0.4 is 0 Å². The van der Waals surface area contributed by atoms with Crippen LogP contribution in [0.4, 0.5) is 0 Å². The standard InChI is InChI=1S/C19H24Br2O3/c1-5-13-23-16(22)14(7-8-15(20)21)9-12-19-17(2,3)10-6-11-18(19,4)24-19/h5,7-9,12H,1,6,10-11,13H2,2-4H3/b12-9+,14-7-/t18-,19+/m1/s1. The Balaban J connectivity index is 2.27. The molecule has 1 saturated heterocycles. The molecule has 0 bridgehead atoms. The van der Waals surface area contributed by atoms with Crippen LogP contribution in [0, 0.1) is 5.41 Å². The first-order chi connectivity index (χ1) is 11.2. The molecule has 0 aromatic heterocycles. The maximum atomic E-state index is 12.3. The summed E-state index contributed by atoms with van der Waals surface area (Å²) in [6.45, 7) is 10.4. The Morgan fingerprint density at radius 3 is 2.54 bits per heavy atom. The molecule has 1 aliphatic carbocycles. The molecule has 5 heteroatoms. The van der Waals surface area contributed by atoms with Gasteiger partial charge in [-0.1, -0.05) is 26.5 Å². The first-order valence-corrected chi connectivity index (χ1v) is 9.66. The zero-order valence-electron chi connectivity index (χ0n) is 14.4. The monoisotopic (exact) mass is 458 g/mol. The van der Waals surface area contributed by atoms with Gasteiger partial charge >= 0.3 is 5.97 Å². The molecule has 3 nitrogen and oxygen atoms in total. The van der Waals surface area contributed by atoms with Crippen molar-refractivity contribution in [3.05, 3.63) is 45.9 Å². The Kier molecular flexibility index (Phi) is 5.99. The fraction of sp³-hybridized carbons (Fsp3) is 0.526. The fourth-order valence-corrected chi connectivity index (χ4v) is 3.94. The maximum absolute atomic E-state index is 12.3. The first-order valence-electron chi connectivity index (χ1n) is 8.08. The zero-order chi connectivity index (χ0) is 18.0. The normalized spacial score (nSPS) is 31.3. The Bertz CT molecular complexity index is 614. The molecule has 2 atom stereocenters. The molecule has 0 amide bonds. The van der Waals surface area contributed by atoms with E-state index in [9.17, 15) is 4.79 Å². The molecule has 0 spiro atoms. The summed E-state index contributed by atoms with van der Waals surface area (Å²) in [7, 11) is 0. The molecule has 0 aromatic carbocycles. The van der Waals surface area contributed by atoms with E-state index in [0.717, 1.165) is 16.2 Å². The number of rotatable bonds is 6. The molecule has 0 unspecified atom stereocenters. The number of carbonyl (C=O) groups excluding carboxylic acids is 1. The highest BCUT2D eigenvalue weighted by molar-refractivity contribution is 9.28. The summed E-state index contributed by atoms with van der Waals surface area (Å²) in [5.41, 5.74) is 0.0683. The van der Waals surface area contributed by atoms with Gasteiger partial charge in [0, 0.05) is 5.41 Å². The molecule has 24 heavy (non-hydrogen) atoms. The second kappa shape index (κ2) is 7.30. The van der Waals surface area contributed by atoms with E-state index >= 15 is 0 Å². The lowest BCUT2D eigenvalue weighted by Crippen LogP contribution is -2.41. The number of ether oxygens (including phenoxy) is 2. The van der Waals surface area contributed by atoms with Crippen LogP contribution in [0.2, 0.25) is 0 Å². The van der Waals surface area contributed by atoms with Crippen molar-refractivity contribution in [2.24, 2.45) is 5.41 Å². The van der Waals surface area contributed by atoms with Crippen molar-refractivity contribution >= 4 is 37.8 Å². The number of carbonyl (C=O) groups is 1. The molecule has 0 N–H and O–H groups in total. The van der Waals surface area contributed by atoms with Gasteiger partial charge in [0.2, 0.25) is 0 Å². The highest BCUT2D eigenvalue weighted by Gasteiger charge is 2.73. The minimum atomic E-state index is -0.379. The van der Waals surface area contributed by atoms with Gasteiger partial charge in [-0.05, 0) is 82.4 Å². The van der Waals surface area contributed by atoms with Gasteiger partial charge in [0.15, 0.2) is 0 Å². The molecular weight excluding hydrogens is 436 g/mol. The SMILES string of the molecule is C=CCOC(=O)C(=C\C=C(Br)Br)/C=C/[C@@]12O[C@]1(C)CCCC2(C)C. The molecule has 0 radical (unpaired) electrons. The van der Waals surface area contributed by atoms with E-state index < -0.39 is 0 Å². The van der Waals surface area contributed by atoms with E-state index in [4.69, 9.17) is 9.47 Å². The molecule has 1 aliphatic heterocycles. The number of esters is 1. The molecular formula is C19H24Br2O3. The van der Waals surface area contributed by atoms with Crippen molar-refractivity contribution in [1.29, 1.82) is 0 Å². The summed E-state index contributed by atoms with van der Waals surface area (Å²) >= 11 is 6.59.